The summed E-state index contributed by atoms with van der Waals surface area (Å²) in [6.45, 7) is 8.05. The van der Waals surface area contributed by atoms with Crippen molar-refractivity contribution in [2.75, 3.05) is 18.0 Å². The first kappa shape index (κ1) is 12.4. The second kappa shape index (κ2) is 4.65. The Labute approximate surface area is 103 Å². The number of pyridine rings is 1. The highest BCUT2D eigenvalue weighted by Crippen LogP contribution is 2.25. The third kappa shape index (κ3) is 2.97. The van der Waals surface area contributed by atoms with Crippen LogP contribution in [-0.4, -0.2) is 28.8 Å². The van der Waals surface area contributed by atoms with E-state index in [0.29, 0.717) is 5.92 Å². The van der Waals surface area contributed by atoms with Crippen LogP contribution < -0.4 is 4.90 Å². The second-order valence-electron chi connectivity index (χ2n) is 5.59. The maximum atomic E-state index is 9.91. The Morgan fingerprint density at radius 1 is 1.29 bits per heavy atom. The quantitative estimate of drug-likeness (QED) is 0.854. The number of rotatable bonds is 2. The van der Waals surface area contributed by atoms with Gasteiger partial charge < -0.3 is 10.0 Å². The van der Waals surface area contributed by atoms with E-state index in [1.54, 1.807) is 0 Å². The maximum absolute atomic E-state index is 9.91. The summed E-state index contributed by atoms with van der Waals surface area (Å²) in [6, 6.07) is 4.25. The average Bonchev–Trinajstić information content (AvgIpc) is 2.29. The molecule has 1 aliphatic heterocycles. The molecular formula is C14H22N2O. The maximum Gasteiger partial charge on any atom is 0.128 e. The zero-order valence-electron chi connectivity index (χ0n) is 11.0. The molecule has 0 spiro atoms. The van der Waals surface area contributed by atoms with Gasteiger partial charge in [0, 0.05) is 19.3 Å². The normalized spacial score (nSPS) is 19.7. The summed E-state index contributed by atoms with van der Waals surface area (Å²) in [4.78, 5) is 6.77. The molecule has 17 heavy (non-hydrogen) atoms. The molecule has 1 fully saturated rings. The van der Waals surface area contributed by atoms with Crippen LogP contribution in [0.2, 0.25) is 0 Å². The third-order valence-corrected chi connectivity index (χ3v) is 3.60. The van der Waals surface area contributed by atoms with Gasteiger partial charge in [-0.25, -0.2) is 4.98 Å². The van der Waals surface area contributed by atoms with E-state index < -0.39 is 5.60 Å². The fourth-order valence-corrected chi connectivity index (χ4v) is 2.14. The van der Waals surface area contributed by atoms with Gasteiger partial charge in [0.1, 0.15) is 5.82 Å². The van der Waals surface area contributed by atoms with Gasteiger partial charge in [-0.05, 0) is 37.3 Å². The van der Waals surface area contributed by atoms with E-state index in [9.17, 15) is 5.11 Å². The number of aromatic nitrogens is 1. The first-order chi connectivity index (χ1) is 7.98. The number of hydrogen-bond acceptors (Lipinski definition) is 3. The highest BCUT2D eigenvalue weighted by molar-refractivity contribution is 5.40. The SMILES string of the molecule is CC(C)c1ccc(N2CCC(C)(O)CC2)nc1. The molecule has 0 aliphatic carbocycles. The molecule has 2 rings (SSSR count). The van der Waals surface area contributed by atoms with Gasteiger partial charge in [-0.2, -0.15) is 0 Å². The van der Waals surface area contributed by atoms with Crippen molar-refractivity contribution in [3.63, 3.8) is 0 Å². The molecule has 2 heterocycles. The highest BCUT2D eigenvalue weighted by Gasteiger charge is 2.27. The first-order valence-electron chi connectivity index (χ1n) is 6.41. The standard InChI is InChI=1S/C14H22N2O/c1-11(2)12-4-5-13(15-10-12)16-8-6-14(3,17)7-9-16/h4-5,10-11,17H,6-9H2,1-3H3. The summed E-state index contributed by atoms with van der Waals surface area (Å²) in [6.07, 6.45) is 3.61. The third-order valence-electron chi connectivity index (χ3n) is 3.60. The van der Waals surface area contributed by atoms with Crippen molar-refractivity contribution in [2.24, 2.45) is 0 Å². The van der Waals surface area contributed by atoms with Crippen LogP contribution >= 0.6 is 0 Å². The van der Waals surface area contributed by atoms with Crippen LogP contribution in [0.5, 0.6) is 0 Å². The van der Waals surface area contributed by atoms with Gasteiger partial charge in [0.2, 0.25) is 0 Å². The van der Waals surface area contributed by atoms with Gasteiger partial charge in [0.05, 0.1) is 5.60 Å². The summed E-state index contributed by atoms with van der Waals surface area (Å²) in [5, 5.41) is 9.91. The van der Waals surface area contributed by atoms with Crippen molar-refractivity contribution in [1.29, 1.82) is 0 Å². The van der Waals surface area contributed by atoms with Crippen LogP contribution in [0.1, 0.15) is 45.1 Å². The van der Waals surface area contributed by atoms with Gasteiger partial charge in [-0.1, -0.05) is 19.9 Å². The van der Waals surface area contributed by atoms with E-state index in [-0.39, 0.29) is 0 Å². The first-order valence-corrected chi connectivity index (χ1v) is 6.41. The molecule has 0 unspecified atom stereocenters. The van der Waals surface area contributed by atoms with E-state index in [2.05, 4.69) is 35.9 Å². The number of hydrogen-bond donors (Lipinski definition) is 1. The van der Waals surface area contributed by atoms with Gasteiger partial charge in [0.25, 0.3) is 0 Å². The second-order valence-corrected chi connectivity index (χ2v) is 5.59. The number of nitrogens with zero attached hydrogens (tertiary/aromatic N) is 2. The highest BCUT2D eigenvalue weighted by atomic mass is 16.3. The van der Waals surface area contributed by atoms with Crippen LogP contribution in [0.3, 0.4) is 0 Å². The molecule has 3 heteroatoms. The molecule has 0 atom stereocenters. The van der Waals surface area contributed by atoms with Crippen LogP contribution in [0.4, 0.5) is 5.82 Å². The minimum absolute atomic E-state index is 0.492. The minimum atomic E-state index is -0.492. The lowest BCUT2D eigenvalue weighted by molar-refractivity contribution is 0.0350. The van der Waals surface area contributed by atoms with E-state index in [1.165, 1.54) is 5.56 Å². The number of aliphatic hydroxyl groups is 1. The molecule has 1 aromatic rings. The molecule has 0 saturated carbocycles. The van der Waals surface area contributed by atoms with Crippen molar-refractivity contribution in [2.45, 2.75) is 45.1 Å². The predicted molar refractivity (Wildman–Crippen MR) is 70.4 cm³/mol. The topological polar surface area (TPSA) is 36.4 Å². The van der Waals surface area contributed by atoms with Gasteiger partial charge in [-0.3, -0.25) is 0 Å². The van der Waals surface area contributed by atoms with Gasteiger partial charge in [0.15, 0.2) is 0 Å². The lowest BCUT2D eigenvalue weighted by Crippen LogP contribution is -2.42. The Morgan fingerprint density at radius 2 is 1.94 bits per heavy atom. The number of anilines is 1. The molecule has 1 aliphatic rings. The monoisotopic (exact) mass is 234 g/mol. The van der Waals surface area contributed by atoms with E-state index in [0.717, 1.165) is 31.7 Å². The van der Waals surface area contributed by atoms with Crippen LogP contribution in [-0.2, 0) is 0 Å². The van der Waals surface area contributed by atoms with Crippen molar-refractivity contribution in [3.8, 4) is 0 Å². The lowest BCUT2D eigenvalue weighted by Gasteiger charge is -2.36. The zero-order chi connectivity index (χ0) is 12.5. The van der Waals surface area contributed by atoms with Crippen LogP contribution in [0, 0.1) is 0 Å². The molecule has 0 bridgehead atoms. The Kier molecular flexibility index (Phi) is 3.38. The average molecular weight is 234 g/mol. The van der Waals surface area contributed by atoms with E-state index in [1.807, 2.05) is 13.1 Å². The molecular weight excluding hydrogens is 212 g/mol. The Balaban J connectivity index is 2.04. The molecule has 1 aromatic heterocycles. The molecule has 0 aromatic carbocycles. The van der Waals surface area contributed by atoms with Crippen LogP contribution in [0.15, 0.2) is 18.3 Å². The van der Waals surface area contributed by atoms with Gasteiger partial charge >= 0.3 is 0 Å². The van der Waals surface area contributed by atoms with Crippen molar-refractivity contribution in [3.05, 3.63) is 23.9 Å². The molecule has 3 nitrogen and oxygen atoms in total. The Hall–Kier alpha value is -1.09. The summed E-state index contributed by atoms with van der Waals surface area (Å²) in [5.41, 5.74) is 0.784. The summed E-state index contributed by atoms with van der Waals surface area (Å²) < 4.78 is 0. The zero-order valence-corrected chi connectivity index (χ0v) is 11.0. The van der Waals surface area contributed by atoms with Crippen molar-refractivity contribution < 1.29 is 5.11 Å². The minimum Gasteiger partial charge on any atom is -0.390 e. The molecule has 0 amide bonds. The molecule has 1 N–H and O–H groups in total. The van der Waals surface area contributed by atoms with E-state index >= 15 is 0 Å². The lowest BCUT2D eigenvalue weighted by atomic mass is 9.94. The predicted octanol–water partition coefficient (Wildman–Crippen LogP) is 2.56. The summed E-state index contributed by atoms with van der Waals surface area (Å²) in [5.74, 6) is 1.56. The molecule has 94 valence electrons. The largest absolute Gasteiger partial charge is 0.390 e. The molecule has 1 saturated heterocycles. The Bertz CT molecular complexity index is 360. The van der Waals surface area contributed by atoms with Crippen molar-refractivity contribution >= 4 is 5.82 Å². The Morgan fingerprint density at radius 3 is 2.41 bits per heavy atom. The van der Waals surface area contributed by atoms with Gasteiger partial charge in [-0.15, -0.1) is 0 Å². The summed E-state index contributed by atoms with van der Waals surface area (Å²) >= 11 is 0. The van der Waals surface area contributed by atoms with Crippen molar-refractivity contribution in [1.82, 2.24) is 4.98 Å². The van der Waals surface area contributed by atoms with Crippen LogP contribution in [0.25, 0.3) is 0 Å². The summed E-state index contributed by atoms with van der Waals surface area (Å²) in [7, 11) is 0. The fourth-order valence-electron chi connectivity index (χ4n) is 2.14. The smallest absolute Gasteiger partial charge is 0.128 e. The van der Waals surface area contributed by atoms with E-state index in [4.69, 9.17) is 0 Å². The fraction of sp³-hybridized carbons (Fsp3) is 0.643. The number of piperidine rings is 1. The molecule has 0 radical (unpaired) electrons.